The maximum absolute atomic E-state index is 9.00. The van der Waals surface area contributed by atoms with E-state index in [1.54, 1.807) is 0 Å². The van der Waals surface area contributed by atoms with E-state index in [0.717, 1.165) is 5.92 Å². The molecular formula is C12H25NO. The molecule has 2 N–H and O–H groups in total. The zero-order chi connectivity index (χ0) is 10.8. The van der Waals surface area contributed by atoms with Crippen molar-refractivity contribution in [2.75, 3.05) is 6.61 Å². The molecule has 0 aliphatic heterocycles. The molecule has 1 rings (SSSR count). The highest BCUT2D eigenvalue weighted by Crippen LogP contribution is 2.38. The van der Waals surface area contributed by atoms with Crippen LogP contribution in [0.2, 0.25) is 0 Å². The van der Waals surface area contributed by atoms with Crippen molar-refractivity contribution in [2.24, 2.45) is 11.3 Å². The molecule has 3 atom stereocenters. The summed E-state index contributed by atoms with van der Waals surface area (Å²) in [5.41, 5.74) is 0.463. The van der Waals surface area contributed by atoms with Crippen LogP contribution in [0, 0.1) is 11.3 Å². The smallest absolute Gasteiger partial charge is 0.0582 e. The van der Waals surface area contributed by atoms with Gasteiger partial charge in [0.1, 0.15) is 0 Å². The fraction of sp³-hybridized carbons (Fsp3) is 1.00. The minimum Gasteiger partial charge on any atom is -0.395 e. The third-order valence-electron chi connectivity index (χ3n) is 3.18. The van der Waals surface area contributed by atoms with Gasteiger partial charge >= 0.3 is 0 Å². The number of aliphatic hydroxyl groups excluding tert-OH is 1. The van der Waals surface area contributed by atoms with Crippen molar-refractivity contribution in [2.45, 2.75) is 59.0 Å². The Hall–Kier alpha value is -0.0800. The van der Waals surface area contributed by atoms with Crippen LogP contribution in [0.25, 0.3) is 0 Å². The van der Waals surface area contributed by atoms with Gasteiger partial charge in [0.05, 0.1) is 6.61 Å². The average molecular weight is 199 g/mol. The minimum atomic E-state index is 0.237. The molecule has 1 aliphatic carbocycles. The van der Waals surface area contributed by atoms with Gasteiger partial charge in [0.25, 0.3) is 0 Å². The molecule has 84 valence electrons. The third kappa shape index (κ3) is 3.58. The highest BCUT2D eigenvalue weighted by atomic mass is 16.3. The molecule has 14 heavy (non-hydrogen) atoms. The van der Waals surface area contributed by atoms with Gasteiger partial charge in [-0.15, -0.1) is 0 Å². The molecule has 0 spiro atoms. The Morgan fingerprint density at radius 2 is 2.07 bits per heavy atom. The molecule has 2 heteroatoms. The van der Waals surface area contributed by atoms with Crippen LogP contribution in [0.5, 0.6) is 0 Å². The molecule has 0 radical (unpaired) electrons. The van der Waals surface area contributed by atoms with Crippen LogP contribution in [0.4, 0.5) is 0 Å². The van der Waals surface area contributed by atoms with Crippen LogP contribution in [0.15, 0.2) is 0 Å². The summed E-state index contributed by atoms with van der Waals surface area (Å²) in [6.07, 6.45) is 3.83. The largest absolute Gasteiger partial charge is 0.395 e. The minimum absolute atomic E-state index is 0.237. The molecule has 0 saturated heterocycles. The molecule has 1 saturated carbocycles. The van der Waals surface area contributed by atoms with Crippen LogP contribution < -0.4 is 5.32 Å². The molecular weight excluding hydrogens is 174 g/mol. The van der Waals surface area contributed by atoms with Gasteiger partial charge in [0.15, 0.2) is 0 Å². The first kappa shape index (κ1) is 12.0. The average Bonchev–Trinajstić information content (AvgIpc) is 1.99. The van der Waals surface area contributed by atoms with Gasteiger partial charge in [-0.05, 0) is 37.5 Å². The van der Waals surface area contributed by atoms with Gasteiger partial charge in [-0.2, -0.15) is 0 Å². The van der Waals surface area contributed by atoms with Crippen LogP contribution in [0.1, 0.15) is 47.0 Å². The van der Waals surface area contributed by atoms with Gasteiger partial charge in [-0.3, -0.25) is 0 Å². The number of aliphatic hydroxyl groups is 1. The lowest BCUT2D eigenvalue weighted by Crippen LogP contribution is -2.45. The quantitative estimate of drug-likeness (QED) is 0.730. The highest BCUT2D eigenvalue weighted by molar-refractivity contribution is 4.87. The van der Waals surface area contributed by atoms with E-state index >= 15 is 0 Å². The summed E-state index contributed by atoms with van der Waals surface area (Å²) in [4.78, 5) is 0. The van der Waals surface area contributed by atoms with Gasteiger partial charge in [0, 0.05) is 12.1 Å². The lowest BCUT2D eigenvalue weighted by Gasteiger charge is -2.40. The number of nitrogens with one attached hydrogen (secondary N) is 1. The normalized spacial score (nSPS) is 34.1. The lowest BCUT2D eigenvalue weighted by molar-refractivity contribution is 0.135. The predicted octanol–water partition coefficient (Wildman–Crippen LogP) is 2.17. The maximum atomic E-state index is 9.00. The molecule has 0 unspecified atom stereocenters. The summed E-state index contributed by atoms with van der Waals surface area (Å²) >= 11 is 0. The van der Waals surface area contributed by atoms with E-state index in [-0.39, 0.29) is 12.6 Å². The Bertz CT molecular complexity index is 179. The van der Waals surface area contributed by atoms with E-state index < -0.39 is 0 Å². The standard InChI is InChI=1S/C12H25NO/c1-9-5-11(13-10(2)8-14)7-12(3,4)6-9/h9-11,13-14H,5-8H2,1-4H3/t9-,10-,11-/m0/s1. The Labute approximate surface area is 88.1 Å². The zero-order valence-corrected chi connectivity index (χ0v) is 10.0. The first-order valence-corrected chi connectivity index (χ1v) is 5.80. The van der Waals surface area contributed by atoms with Gasteiger partial charge in [0.2, 0.25) is 0 Å². The van der Waals surface area contributed by atoms with Crippen molar-refractivity contribution in [1.29, 1.82) is 0 Å². The van der Waals surface area contributed by atoms with E-state index in [0.29, 0.717) is 11.5 Å². The van der Waals surface area contributed by atoms with Crippen molar-refractivity contribution >= 4 is 0 Å². The summed E-state index contributed by atoms with van der Waals surface area (Å²) in [6, 6.07) is 0.831. The predicted molar refractivity (Wildman–Crippen MR) is 60.3 cm³/mol. The SMILES string of the molecule is C[C@H]1C[C@H](N[C@@H](C)CO)CC(C)(C)C1. The van der Waals surface area contributed by atoms with Crippen molar-refractivity contribution < 1.29 is 5.11 Å². The lowest BCUT2D eigenvalue weighted by atomic mass is 9.70. The molecule has 0 amide bonds. The Morgan fingerprint density at radius 3 is 2.57 bits per heavy atom. The molecule has 0 aromatic heterocycles. The van der Waals surface area contributed by atoms with Crippen LogP contribution in [-0.4, -0.2) is 23.8 Å². The van der Waals surface area contributed by atoms with Gasteiger partial charge in [-0.1, -0.05) is 20.8 Å². The van der Waals surface area contributed by atoms with Crippen molar-refractivity contribution in [3.05, 3.63) is 0 Å². The molecule has 0 aromatic carbocycles. The maximum Gasteiger partial charge on any atom is 0.0582 e. The Kier molecular flexibility index (Phi) is 3.96. The van der Waals surface area contributed by atoms with Crippen LogP contribution >= 0.6 is 0 Å². The Balaban J connectivity index is 2.45. The molecule has 1 aliphatic rings. The second kappa shape index (κ2) is 4.63. The van der Waals surface area contributed by atoms with E-state index in [4.69, 9.17) is 5.11 Å². The van der Waals surface area contributed by atoms with Crippen LogP contribution in [0.3, 0.4) is 0 Å². The zero-order valence-electron chi connectivity index (χ0n) is 10.0. The second-order valence-corrected chi connectivity index (χ2v) is 5.86. The molecule has 0 aromatic rings. The summed E-state index contributed by atoms with van der Waals surface area (Å²) in [5.74, 6) is 0.808. The first-order chi connectivity index (χ1) is 6.43. The molecule has 0 heterocycles. The van der Waals surface area contributed by atoms with Gasteiger partial charge < -0.3 is 10.4 Å². The monoisotopic (exact) mass is 199 g/mol. The van der Waals surface area contributed by atoms with E-state index in [2.05, 4.69) is 26.1 Å². The Morgan fingerprint density at radius 1 is 1.43 bits per heavy atom. The van der Waals surface area contributed by atoms with Crippen molar-refractivity contribution in [3.8, 4) is 0 Å². The fourth-order valence-electron chi connectivity index (χ4n) is 2.93. The summed E-state index contributed by atoms with van der Waals surface area (Å²) in [7, 11) is 0. The van der Waals surface area contributed by atoms with E-state index in [1.165, 1.54) is 19.3 Å². The molecule has 2 nitrogen and oxygen atoms in total. The number of hydrogen-bond donors (Lipinski definition) is 2. The topological polar surface area (TPSA) is 32.3 Å². The van der Waals surface area contributed by atoms with Crippen LogP contribution in [-0.2, 0) is 0 Å². The summed E-state index contributed by atoms with van der Waals surface area (Å²) in [5, 5.41) is 12.5. The third-order valence-corrected chi connectivity index (χ3v) is 3.18. The van der Waals surface area contributed by atoms with E-state index in [1.807, 2.05) is 6.92 Å². The second-order valence-electron chi connectivity index (χ2n) is 5.86. The number of rotatable bonds is 3. The van der Waals surface area contributed by atoms with Crippen molar-refractivity contribution in [1.82, 2.24) is 5.32 Å². The highest BCUT2D eigenvalue weighted by Gasteiger charge is 2.32. The first-order valence-electron chi connectivity index (χ1n) is 5.80. The molecule has 0 bridgehead atoms. The van der Waals surface area contributed by atoms with Gasteiger partial charge in [-0.25, -0.2) is 0 Å². The van der Waals surface area contributed by atoms with Crippen molar-refractivity contribution in [3.63, 3.8) is 0 Å². The summed E-state index contributed by atoms with van der Waals surface area (Å²) < 4.78 is 0. The fourth-order valence-corrected chi connectivity index (χ4v) is 2.93. The van der Waals surface area contributed by atoms with E-state index in [9.17, 15) is 0 Å². The summed E-state index contributed by atoms with van der Waals surface area (Å²) in [6.45, 7) is 9.32. The number of hydrogen-bond acceptors (Lipinski definition) is 2. The molecule has 1 fully saturated rings.